The van der Waals surface area contributed by atoms with E-state index in [2.05, 4.69) is 32.9 Å². The van der Waals surface area contributed by atoms with Crippen LogP contribution >= 0.6 is 0 Å². The second-order valence-corrected chi connectivity index (χ2v) is 4.95. The molecule has 0 saturated carbocycles. The maximum absolute atomic E-state index is 11.8. The van der Waals surface area contributed by atoms with Gasteiger partial charge in [0.05, 0.1) is 0 Å². The van der Waals surface area contributed by atoms with Crippen LogP contribution in [0, 0.1) is 20.8 Å². The highest BCUT2D eigenvalue weighted by molar-refractivity contribution is 5.75. The number of carbonyl (C=O) groups is 1. The molecule has 3 nitrogen and oxygen atoms in total. The largest absolute Gasteiger partial charge is 0.396 e. The second-order valence-electron chi connectivity index (χ2n) is 4.95. The van der Waals surface area contributed by atoms with E-state index in [4.69, 9.17) is 5.11 Å². The number of amides is 1. The molecule has 0 heterocycles. The SMILES string of the molecule is Cc1cc(C)c(CN(C)C(=O)CCCO)c(C)c1. The van der Waals surface area contributed by atoms with Crippen LogP contribution in [0.5, 0.6) is 0 Å². The molecular weight excluding hydrogens is 226 g/mol. The minimum Gasteiger partial charge on any atom is -0.396 e. The van der Waals surface area contributed by atoms with E-state index < -0.39 is 0 Å². The van der Waals surface area contributed by atoms with E-state index in [1.165, 1.54) is 22.3 Å². The number of rotatable bonds is 5. The predicted octanol–water partition coefficient (Wildman–Crippen LogP) is 2.34. The van der Waals surface area contributed by atoms with Crippen molar-refractivity contribution in [2.75, 3.05) is 13.7 Å². The quantitative estimate of drug-likeness (QED) is 0.870. The second kappa shape index (κ2) is 6.55. The number of hydrogen-bond acceptors (Lipinski definition) is 2. The normalized spacial score (nSPS) is 10.5. The lowest BCUT2D eigenvalue weighted by molar-refractivity contribution is -0.130. The number of benzene rings is 1. The smallest absolute Gasteiger partial charge is 0.222 e. The number of hydrogen-bond donors (Lipinski definition) is 1. The highest BCUT2D eigenvalue weighted by atomic mass is 16.3. The minimum atomic E-state index is 0.0716. The molecule has 0 aliphatic rings. The first-order valence-corrected chi connectivity index (χ1v) is 6.37. The predicted molar refractivity (Wildman–Crippen MR) is 73.4 cm³/mol. The maximum Gasteiger partial charge on any atom is 0.222 e. The van der Waals surface area contributed by atoms with Crippen molar-refractivity contribution in [3.05, 3.63) is 34.4 Å². The molecule has 0 atom stereocenters. The molecule has 3 heteroatoms. The third kappa shape index (κ3) is 3.84. The van der Waals surface area contributed by atoms with E-state index in [9.17, 15) is 4.79 Å². The van der Waals surface area contributed by atoms with Crippen LogP contribution in [0.2, 0.25) is 0 Å². The summed E-state index contributed by atoms with van der Waals surface area (Å²) >= 11 is 0. The zero-order valence-corrected chi connectivity index (χ0v) is 11.8. The summed E-state index contributed by atoms with van der Waals surface area (Å²) in [6.45, 7) is 6.97. The van der Waals surface area contributed by atoms with Gasteiger partial charge in [0.15, 0.2) is 0 Å². The molecule has 1 N–H and O–H groups in total. The topological polar surface area (TPSA) is 40.5 Å². The highest BCUT2D eigenvalue weighted by Gasteiger charge is 2.11. The summed E-state index contributed by atoms with van der Waals surface area (Å²) in [5.41, 5.74) is 4.94. The minimum absolute atomic E-state index is 0.0716. The molecule has 0 aliphatic carbocycles. The Morgan fingerprint density at radius 2 is 1.78 bits per heavy atom. The molecular formula is C15H23NO2. The Morgan fingerprint density at radius 1 is 1.22 bits per heavy atom. The summed E-state index contributed by atoms with van der Waals surface area (Å²) in [5.74, 6) is 0.0865. The Hall–Kier alpha value is -1.35. The molecule has 0 saturated heterocycles. The molecule has 100 valence electrons. The first-order chi connectivity index (χ1) is 8.45. The summed E-state index contributed by atoms with van der Waals surface area (Å²) < 4.78 is 0. The van der Waals surface area contributed by atoms with Crippen LogP contribution in [-0.2, 0) is 11.3 Å². The summed E-state index contributed by atoms with van der Waals surface area (Å²) in [4.78, 5) is 13.5. The van der Waals surface area contributed by atoms with Gasteiger partial charge in [0, 0.05) is 26.6 Å². The number of aryl methyl sites for hydroxylation is 3. The molecule has 1 amide bonds. The van der Waals surface area contributed by atoms with Crippen LogP contribution in [0.1, 0.15) is 35.1 Å². The molecule has 1 aromatic carbocycles. The Balaban J connectivity index is 2.75. The van der Waals surface area contributed by atoms with E-state index >= 15 is 0 Å². The molecule has 1 aromatic rings. The molecule has 0 spiro atoms. The van der Waals surface area contributed by atoms with E-state index in [1.54, 1.807) is 4.90 Å². The third-order valence-corrected chi connectivity index (χ3v) is 3.21. The van der Waals surface area contributed by atoms with E-state index in [1.807, 2.05) is 7.05 Å². The maximum atomic E-state index is 11.8. The highest BCUT2D eigenvalue weighted by Crippen LogP contribution is 2.18. The van der Waals surface area contributed by atoms with Crippen molar-refractivity contribution >= 4 is 5.91 Å². The van der Waals surface area contributed by atoms with Crippen LogP contribution in [0.3, 0.4) is 0 Å². The van der Waals surface area contributed by atoms with Gasteiger partial charge in [-0.15, -0.1) is 0 Å². The fraction of sp³-hybridized carbons (Fsp3) is 0.533. The number of aliphatic hydroxyl groups excluding tert-OH is 1. The number of nitrogens with zero attached hydrogens (tertiary/aromatic N) is 1. The van der Waals surface area contributed by atoms with Crippen molar-refractivity contribution < 1.29 is 9.90 Å². The lowest BCUT2D eigenvalue weighted by Crippen LogP contribution is -2.26. The van der Waals surface area contributed by atoms with Crippen LogP contribution in [0.25, 0.3) is 0 Å². The molecule has 1 rings (SSSR count). The average molecular weight is 249 g/mol. The zero-order valence-electron chi connectivity index (χ0n) is 11.8. The van der Waals surface area contributed by atoms with Crippen molar-refractivity contribution in [3.8, 4) is 0 Å². The zero-order chi connectivity index (χ0) is 13.7. The van der Waals surface area contributed by atoms with Gasteiger partial charge in [-0.25, -0.2) is 0 Å². The molecule has 0 aromatic heterocycles. The lowest BCUT2D eigenvalue weighted by atomic mass is 9.99. The van der Waals surface area contributed by atoms with E-state index in [-0.39, 0.29) is 12.5 Å². The summed E-state index contributed by atoms with van der Waals surface area (Å²) in [7, 11) is 1.82. The number of carbonyl (C=O) groups excluding carboxylic acids is 1. The van der Waals surface area contributed by atoms with Crippen LogP contribution < -0.4 is 0 Å². The van der Waals surface area contributed by atoms with Gasteiger partial charge in [0.25, 0.3) is 0 Å². The van der Waals surface area contributed by atoms with Crippen molar-refractivity contribution in [1.29, 1.82) is 0 Å². The van der Waals surface area contributed by atoms with Crippen LogP contribution in [0.15, 0.2) is 12.1 Å². The summed E-state index contributed by atoms with van der Waals surface area (Å²) in [5, 5.41) is 8.73. The van der Waals surface area contributed by atoms with E-state index in [0.717, 1.165) is 0 Å². The van der Waals surface area contributed by atoms with Gasteiger partial charge in [-0.1, -0.05) is 17.7 Å². The van der Waals surface area contributed by atoms with Gasteiger partial charge in [0.1, 0.15) is 0 Å². The van der Waals surface area contributed by atoms with Gasteiger partial charge < -0.3 is 10.0 Å². The molecule has 0 radical (unpaired) electrons. The van der Waals surface area contributed by atoms with Gasteiger partial charge in [-0.05, 0) is 43.9 Å². The fourth-order valence-electron chi connectivity index (χ4n) is 2.21. The van der Waals surface area contributed by atoms with Crippen molar-refractivity contribution in [2.24, 2.45) is 0 Å². The van der Waals surface area contributed by atoms with Crippen LogP contribution in [0.4, 0.5) is 0 Å². The van der Waals surface area contributed by atoms with Gasteiger partial charge in [-0.3, -0.25) is 4.79 Å². The lowest BCUT2D eigenvalue weighted by Gasteiger charge is -2.20. The standard InChI is InChI=1S/C15H23NO2/c1-11-8-12(2)14(13(3)9-11)10-16(4)15(18)6-5-7-17/h8-9,17H,5-7,10H2,1-4H3. The van der Waals surface area contributed by atoms with E-state index in [0.29, 0.717) is 19.4 Å². The first-order valence-electron chi connectivity index (χ1n) is 6.37. The van der Waals surface area contributed by atoms with Gasteiger partial charge >= 0.3 is 0 Å². The molecule has 0 bridgehead atoms. The fourth-order valence-corrected chi connectivity index (χ4v) is 2.21. The molecule has 0 aliphatic heterocycles. The number of aliphatic hydroxyl groups is 1. The Morgan fingerprint density at radius 3 is 2.28 bits per heavy atom. The van der Waals surface area contributed by atoms with Gasteiger partial charge in [0.2, 0.25) is 5.91 Å². The molecule has 0 fully saturated rings. The van der Waals surface area contributed by atoms with Crippen molar-refractivity contribution in [2.45, 2.75) is 40.2 Å². The Labute approximate surface area is 109 Å². The van der Waals surface area contributed by atoms with Gasteiger partial charge in [-0.2, -0.15) is 0 Å². The first kappa shape index (κ1) is 14.7. The third-order valence-electron chi connectivity index (χ3n) is 3.21. The Kier molecular flexibility index (Phi) is 5.35. The monoisotopic (exact) mass is 249 g/mol. The van der Waals surface area contributed by atoms with Crippen molar-refractivity contribution in [1.82, 2.24) is 4.90 Å². The summed E-state index contributed by atoms with van der Waals surface area (Å²) in [6.07, 6.45) is 0.950. The van der Waals surface area contributed by atoms with Crippen molar-refractivity contribution in [3.63, 3.8) is 0 Å². The average Bonchev–Trinajstić information content (AvgIpc) is 2.30. The Bertz CT molecular complexity index is 403. The summed E-state index contributed by atoms with van der Waals surface area (Å²) in [6, 6.07) is 4.29. The van der Waals surface area contributed by atoms with Crippen LogP contribution in [-0.4, -0.2) is 29.6 Å². The molecule has 18 heavy (non-hydrogen) atoms. The molecule has 0 unspecified atom stereocenters.